The summed E-state index contributed by atoms with van der Waals surface area (Å²) in [5.74, 6) is 0.660. The van der Waals surface area contributed by atoms with Crippen molar-refractivity contribution in [3.8, 4) is 0 Å². The second-order valence-electron chi connectivity index (χ2n) is 3.86. The third-order valence-electron chi connectivity index (χ3n) is 2.55. The normalized spacial score (nSPS) is 16.9. The number of para-hydroxylation sites is 1. The summed E-state index contributed by atoms with van der Waals surface area (Å²) >= 11 is 0. The Morgan fingerprint density at radius 1 is 1.35 bits per heavy atom. The van der Waals surface area contributed by atoms with E-state index in [0.717, 1.165) is 30.9 Å². The van der Waals surface area contributed by atoms with Crippen molar-refractivity contribution in [2.75, 3.05) is 13.1 Å². The summed E-state index contributed by atoms with van der Waals surface area (Å²) in [6.07, 6.45) is 1.96. The van der Waals surface area contributed by atoms with Gasteiger partial charge in [0.25, 0.3) is 0 Å². The van der Waals surface area contributed by atoms with Crippen LogP contribution in [0.4, 0.5) is 5.69 Å². The number of aliphatic imine (C=N–C) groups is 1. The minimum atomic E-state index is -0.303. The maximum absolute atomic E-state index is 10.9. The van der Waals surface area contributed by atoms with Crippen LogP contribution in [0.3, 0.4) is 0 Å². The zero-order chi connectivity index (χ0) is 11.4. The van der Waals surface area contributed by atoms with Gasteiger partial charge in [-0.25, -0.2) is 4.99 Å². The minimum Gasteiger partial charge on any atom is -0.368 e. The molecule has 0 bridgehead atoms. The first-order chi connectivity index (χ1) is 7.75. The maximum atomic E-state index is 10.9. The Morgan fingerprint density at radius 3 is 2.71 bits per heavy atom. The molecule has 4 nitrogen and oxygen atoms in total. The molecule has 1 heterocycles. The van der Waals surface area contributed by atoms with E-state index < -0.39 is 0 Å². The first-order valence-electron chi connectivity index (χ1n) is 5.41. The lowest BCUT2D eigenvalue weighted by Crippen LogP contribution is -2.34. The molecule has 0 spiro atoms. The van der Waals surface area contributed by atoms with Crippen molar-refractivity contribution in [2.24, 2.45) is 10.7 Å². The van der Waals surface area contributed by atoms with Gasteiger partial charge in [-0.05, 0) is 18.6 Å². The molecule has 1 aromatic carbocycles. The fraction of sp³-hybridized carbons (Fsp3) is 0.333. The summed E-state index contributed by atoms with van der Waals surface area (Å²) < 4.78 is 0. The van der Waals surface area contributed by atoms with E-state index in [4.69, 9.17) is 5.73 Å². The molecule has 1 amide bonds. The number of nitrogens with two attached hydrogens (primary N) is 1. The van der Waals surface area contributed by atoms with Gasteiger partial charge in [0.1, 0.15) is 5.84 Å². The highest BCUT2D eigenvalue weighted by Gasteiger charge is 2.19. The number of carbonyl (C=O) groups is 1. The Balaban J connectivity index is 0.00000144. The molecule has 0 unspecified atom stereocenters. The summed E-state index contributed by atoms with van der Waals surface area (Å²) in [7, 11) is 0. The number of halogens is 1. The van der Waals surface area contributed by atoms with E-state index in [1.165, 1.54) is 0 Å². The number of benzene rings is 1. The molecule has 17 heavy (non-hydrogen) atoms. The fourth-order valence-corrected chi connectivity index (χ4v) is 1.85. The van der Waals surface area contributed by atoms with Gasteiger partial charge >= 0.3 is 0 Å². The number of likely N-dealkylation sites (tertiary alicyclic amines) is 1. The number of amides is 1. The molecule has 5 heteroatoms. The Bertz CT molecular complexity index is 405. The van der Waals surface area contributed by atoms with Crippen LogP contribution in [0.5, 0.6) is 0 Å². The van der Waals surface area contributed by atoms with Gasteiger partial charge in [-0.1, -0.05) is 18.2 Å². The van der Waals surface area contributed by atoms with Crippen molar-refractivity contribution < 1.29 is 4.79 Å². The summed E-state index contributed by atoms with van der Waals surface area (Å²) in [5, 5.41) is 0. The van der Waals surface area contributed by atoms with Gasteiger partial charge in [0.15, 0.2) is 0 Å². The summed E-state index contributed by atoms with van der Waals surface area (Å²) in [5.41, 5.74) is 6.12. The van der Waals surface area contributed by atoms with Crippen LogP contribution >= 0.6 is 12.4 Å². The summed E-state index contributed by atoms with van der Waals surface area (Å²) in [4.78, 5) is 17.4. The van der Waals surface area contributed by atoms with Crippen LogP contribution in [0, 0.1) is 0 Å². The maximum Gasteiger partial charge on any atom is 0.236 e. The Kier molecular flexibility index (Phi) is 4.97. The van der Waals surface area contributed by atoms with E-state index in [0.29, 0.717) is 0 Å². The molecule has 0 radical (unpaired) electrons. The second kappa shape index (κ2) is 6.25. The third-order valence-corrected chi connectivity index (χ3v) is 2.55. The zero-order valence-corrected chi connectivity index (χ0v) is 10.3. The van der Waals surface area contributed by atoms with Crippen molar-refractivity contribution in [2.45, 2.75) is 12.8 Å². The van der Waals surface area contributed by atoms with Gasteiger partial charge in [-0.15, -0.1) is 12.4 Å². The molecule has 2 N–H and O–H groups in total. The smallest absolute Gasteiger partial charge is 0.236 e. The van der Waals surface area contributed by atoms with Gasteiger partial charge < -0.3 is 10.6 Å². The van der Waals surface area contributed by atoms with Gasteiger partial charge in [-0.3, -0.25) is 4.79 Å². The predicted molar refractivity (Wildman–Crippen MR) is 70.8 cm³/mol. The lowest BCUT2D eigenvalue weighted by atomic mass is 10.3. The molecule has 0 saturated carbocycles. The van der Waals surface area contributed by atoms with Crippen molar-refractivity contribution >= 4 is 29.8 Å². The molecular formula is C12H16ClN3O. The van der Waals surface area contributed by atoms with Crippen LogP contribution in [-0.4, -0.2) is 29.7 Å². The van der Waals surface area contributed by atoms with E-state index in [9.17, 15) is 4.79 Å². The molecule has 1 saturated heterocycles. The van der Waals surface area contributed by atoms with Crippen LogP contribution in [0.2, 0.25) is 0 Å². The highest BCUT2D eigenvalue weighted by Crippen LogP contribution is 2.17. The summed E-state index contributed by atoms with van der Waals surface area (Å²) in [6.45, 7) is 1.14. The first-order valence-corrected chi connectivity index (χ1v) is 5.41. The van der Waals surface area contributed by atoms with Crippen LogP contribution in [0.15, 0.2) is 35.3 Å². The van der Waals surface area contributed by atoms with Crippen molar-refractivity contribution in [1.82, 2.24) is 4.90 Å². The van der Waals surface area contributed by atoms with Crippen LogP contribution in [0.25, 0.3) is 0 Å². The number of carbonyl (C=O) groups excluding carboxylic acids is 1. The highest BCUT2D eigenvalue weighted by atomic mass is 35.5. The van der Waals surface area contributed by atoms with Crippen LogP contribution < -0.4 is 5.73 Å². The molecule has 0 aromatic heterocycles. The predicted octanol–water partition coefficient (Wildman–Crippen LogP) is 1.72. The molecule has 0 aliphatic carbocycles. The third kappa shape index (κ3) is 3.75. The fourth-order valence-electron chi connectivity index (χ4n) is 1.85. The lowest BCUT2D eigenvalue weighted by molar-refractivity contribution is -0.118. The number of primary amides is 1. The highest BCUT2D eigenvalue weighted by molar-refractivity contribution is 5.90. The Morgan fingerprint density at radius 2 is 2.06 bits per heavy atom. The monoisotopic (exact) mass is 253 g/mol. The lowest BCUT2D eigenvalue weighted by Gasteiger charge is -2.16. The number of hydrogen-bond donors (Lipinski definition) is 1. The van der Waals surface area contributed by atoms with Gasteiger partial charge in [0.05, 0.1) is 12.2 Å². The molecule has 1 fully saturated rings. The van der Waals surface area contributed by atoms with E-state index in [1.54, 1.807) is 0 Å². The molecule has 0 atom stereocenters. The zero-order valence-electron chi connectivity index (χ0n) is 9.50. The second-order valence-corrected chi connectivity index (χ2v) is 3.86. The Hall–Kier alpha value is -1.55. The summed E-state index contributed by atoms with van der Waals surface area (Å²) in [6, 6.07) is 9.76. The Labute approximate surface area is 107 Å². The number of amidine groups is 1. The van der Waals surface area contributed by atoms with Gasteiger partial charge in [0.2, 0.25) is 5.91 Å². The average Bonchev–Trinajstić information content (AvgIpc) is 2.66. The van der Waals surface area contributed by atoms with E-state index in [-0.39, 0.29) is 24.9 Å². The first kappa shape index (κ1) is 13.5. The minimum absolute atomic E-state index is 0. The van der Waals surface area contributed by atoms with E-state index >= 15 is 0 Å². The quantitative estimate of drug-likeness (QED) is 0.892. The van der Waals surface area contributed by atoms with Gasteiger partial charge in [0, 0.05) is 13.0 Å². The van der Waals surface area contributed by atoms with Crippen molar-refractivity contribution in [1.29, 1.82) is 0 Å². The van der Waals surface area contributed by atoms with E-state index in [1.807, 2.05) is 35.2 Å². The van der Waals surface area contributed by atoms with E-state index in [2.05, 4.69) is 4.99 Å². The standard InChI is InChI=1S/C12H15N3O.ClH/c13-11(16)9-15-8-4-7-12(15)14-10-5-2-1-3-6-10;/h1-3,5-6H,4,7-9H2,(H2,13,16);1H. The van der Waals surface area contributed by atoms with Gasteiger partial charge in [-0.2, -0.15) is 0 Å². The van der Waals surface area contributed by atoms with Crippen molar-refractivity contribution in [3.05, 3.63) is 30.3 Å². The topological polar surface area (TPSA) is 58.7 Å². The molecule has 1 aliphatic heterocycles. The molecular weight excluding hydrogens is 238 g/mol. The molecule has 92 valence electrons. The largest absolute Gasteiger partial charge is 0.368 e. The number of nitrogens with zero attached hydrogens (tertiary/aromatic N) is 2. The van der Waals surface area contributed by atoms with Crippen LogP contribution in [-0.2, 0) is 4.79 Å². The number of rotatable bonds is 3. The average molecular weight is 254 g/mol. The molecule has 1 aliphatic rings. The number of hydrogen-bond acceptors (Lipinski definition) is 2. The van der Waals surface area contributed by atoms with Crippen LogP contribution in [0.1, 0.15) is 12.8 Å². The molecule has 2 rings (SSSR count). The SMILES string of the molecule is Cl.NC(=O)CN1CCCC1=Nc1ccccc1. The molecule has 1 aromatic rings. The van der Waals surface area contributed by atoms with Crippen molar-refractivity contribution in [3.63, 3.8) is 0 Å².